The summed E-state index contributed by atoms with van der Waals surface area (Å²) in [5.41, 5.74) is 6.27. The van der Waals surface area contributed by atoms with Crippen molar-refractivity contribution in [3.05, 3.63) is 75.7 Å². The number of hydrogen-bond donors (Lipinski definition) is 2. The predicted octanol–water partition coefficient (Wildman–Crippen LogP) is 2.60. The largest absolute Gasteiger partial charge is 0.496 e. The van der Waals surface area contributed by atoms with Gasteiger partial charge in [0.15, 0.2) is 5.69 Å². The third-order valence-corrected chi connectivity index (χ3v) is 4.62. The molecule has 0 saturated carbocycles. The molecule has 160 valence electrons. The van der Waals surface area contributed by atoms with E-state index in [4.69, 9.17) is 4.74 Å². The number of fused-ring (bicyclic) bond motifs is 1. The van der Waals surface area contributed by atoms with Gasteiger partial charge in [0, 0.05) is 23.6 Å². The molecule has 0 aliphatic rings. The van der Waals surface area contributed by atoms with E-state index in [9.17, 15) is 14.4 Å². The van der Waals surface area contributed by atoms with Crippen LogP contribution in [0.3, 0.4) is 0 Å². The zero-order chi connectivity index (χ0) is 22.4. The van der Waals surface area contributed by atoms with Crippen LogP contribution in [0.4, 0.5) is 0 Å². The normalized spacial score (nSPS) is 10.9. The second kappa shape index (κ2) is 9.71. The number of carbonyl (C=O) groups excluding carboxylic acids is 2. The van der Waals surface area contributed by atoms with Gasteiger partial charge in [0.25, 0.3) is 17.4 Å². The SMILES string of the molecule is CCCn1nc(C(=O)NNC(=O)/C=C/c2cc(C)ccc2OC)c2ccccc2c1=O. The second-order valence-corrected chi connectivity index (χ2v) is 6.94. The molecule has 2 amide bonds. The Labute approximate surface area is 179 Å². The molecule has 8 nitrogen and oxygen atoms in total. The Balaban J connectivity index is 1.77. The van der Waals surface area contributed by atoms with Gasteiger partial charge in [-0.2, -0.15) is 5.10 Å². The molecule has 1 aromatic heterocycles. The summed E-state index contributed by atoms with van der Waals surface area (Å²) >= 11 is 0. The average Bonchev–Trinajstić information content (AvgIpc) is 2.78. The molecule has 0 bridgehead atoms. The number of nitrogens with zero attached hydrogens (tertiary/aromatic N) is 2. The predicted molar refractivity (Wildman–Crippen MR) is 119 cm³/mol. The van der Waals surface area contributed by atoms with Crippen LogP contribution in [-0.2, 0) is 11.3 Å². The van der Waals surface area contributed by atoms with Gasteiger partial charge in [-0.3, -0.25) is 25.2 Å². The number of ether oxygens (including phenoxy) is 1. The number of aromatic nitrogens is 2. The van der Waals surface area contributed by atoms with Crippen LogP contribution >= 0.6 is 0 Å². The minimum atomic E-state index is -0.615. The summed E-state index contributed by atoms with van der Waals surface area (Å²) in [6.45, 7) is 4.24. The lowest BCUT2D eigenvalue weighted by Gasteiger charge is -2.11. The van der Waals surface area contributed by atoms with E-state index in [1.807, 2.05) is 32.0 Å². The number of nitrogens with one attached hydrogen (secondary N) is 2. The number of hydrazine groups is 1. The first-order chi connectivity index (χ1) is 14.9. The molecule has 3 rings (SSSR count). The fourth-order valence-corrected chi connectivity index (χ4v) is 3.13. The van der Waals surface area contributed by atoms with Gasteiger partial charge in [-0.15, -0.1) is 0 Å². The van der Waals surface area contributed by atoms with Gasteiger partial charge in [-0.25, -0.2) is 4.68 Å². The van der Waals surface area contributed by atoms with Crippen LogP contribution in [0.5, 0.6) is 5.75 Å². The molecule has 31 heavy (non-hydrogen) atoms. The van der Waals surface area contributed by atoms with Crippen LogP contribution in [-0.4, -0.2) is 28.7 Å². The molecule has 0 aliphatic carbocycles. The van der Waals surface area contributed by atoms with Crippen molar-refractivity contribution in [2.45, 2.75) is 26.8 Å². The lowest BCUT2D eigenvalue weighted by Crippen LogP contribution is -2.42. The first kappa shape index (κ1) is 21.8. The minimum absolute atomic E-state index is 0.0632. The van der Waals surface area contributed by atoms with E-state index in [0.29, 0.717) is 29.5 Å². The van der Waals surface area contributed by atoms with Crippen LogP contribution in [0, 0.1) is 6.92 Å². The van der Waals surface area contributed by atoms with Crippen molar-refractivity contribution in [3.8, 4) is 5.75 Å². The fraction of sp³-hybridized carbons (Fsp3) is 0.217. The Morgan fingerprint density at radius 2 is 1.87 bits per heavy atom. The highest BCUT2D eigenvalue weighted by molar-refractivity contribution is 6.05. The molecule has 2 N–H and O–H groups in total. The first-order valence-corrected chi connectivity index (χ1v) is 9.87. The van der Waals surface area contributed by atoms with Gasteiger partial charge in [0.2, 0.25) is 0 Å². The lowest BCUT2D eigenvalue weighted by atomic mass is 10.1. The highest BCUT2D eigenvalue weighted by Crippen LogP contribution is 2.20. The van der Waals surface area contributed by atoms with Gasteiger partial charge in [-0.05, 0) is 37.6 Å². The van der Waals surface area contributed by atoms with Gasteiger partial charge in [-0.1, -0.05) is 36.8 Å². The van der Waals surface area contributed by atoms with Crippen molar-refractivity contribution < 1.29 is 14.3 Å². The van der Waals surface area contributed by atoms with Gasteiger partial charge in [0.1, 0.15) is 5.75 Å². The number of methoxy groups -OCH3 is 1. The molecular formula is C23H24N4O4. The van der Waals surface area contributed by atoms with Gasteiger partial charge in [0.05, 0.1) is 12.5 Å². The summed E-state index contributed by atoms with van der Waals surface area (Å²) in [6.07, 6.45) is 3.58. The summed E-state index contributed by atoms with van der Waals surface area (Å²) in [5, 5.41) is 5.02. The van der Waals surface area contributed by atoms with E-state index < -0.39 is 11.8 Å². The van der Waals surface area contributed by atoms with Crippen LogP contribution in [0.15, 0.2) is 53.3 Å². The Morgan fingerprint density at radius 1 is 1.13 bits per heavy atom. The van der Waals surface area contributed by atoms with Gasteiger partial charge < -0.3 is 4.74 Å². The lowest BCUT2D eigenvalue weighted by molar-refractivity contribution is -0.117. The van der Waals surface area contributed by atoms with E-state index in [0.717, 1.165) is 11.1 Å². The van der Waals surface area contributed by atoms with Crippen molar-refractivity contribution in [1.29, 1.82) is 0 Å². The molecule has 1 heterocycles. The molecule has 8 heteroatoms. The van der Waals surface area contributed by atoms with Gasteiger partial charge >= 0.3 is 0 Å². The number of hydrogen-bond acceptors (Lipinski definition) is 5. The topological polar surface area (TPSA) is 102 Å². The third kappa shape index (κ3) is 4.98. The monoisotopic (exact) mass is 420 g/mol. The molecule has 2 aromatic carbocycles. The zero-order valence-electron chi connectivity index (χ0n) is 17.6. The van der Waals surface area contributed by atoms with Crippen LogP contribution in [0.1, 0.15) is 35.0 Å². The molecular weight excluding hydrogens is 396 g/mol. The van der Waals surface area contributed by atoms with E-state index in [-0.39, 0.29) is 11.3 Å². The molecule has 0 radical (unpaired) electrons. The zero-order valence-corrected chi connectivity index (χ0v) is 17.6. The molecule has 0 unspecified atom stereocenters. The fourth-order valence-electron chi connectivity index (χ4n) is 3.13. The molecule has 3 aromatic rings. The van der Waals surface area contributed by atoms with Crippen LogP contribution < -0.4 is 21.1 Å². The smallest absolute Gasteiger partial charge is 0.290 e. The van der Waals surface area contributed by atoms with Crippen molar-refractivity contribution in [3.63, 3.8) is 0 Å². The molecule has 0 atom stereocenters. The van der Waals surface area contributed by atoms with E-state index >= 15 is 0 Å². The van der Waals surface area contributed by atoms with Crippen molar-refractivity contribution >= 4 is 28.7 Å². The van der Waals surface area contributed by atoms with E-state index in [1.165, 1.54) is 10.8 Å². The summed E-state index contributed by atoms with van der Waals surface area (Å²) in [4.78, 5) is 37.4. The Hall–Kier alpha value is -3.94. The summed E-state index contributed by atoms with van der Waals surface area (Å²) in [6, 6.07) is 12.4. The number of benzene rings is 2. The van der Waals surface area contributed by atoms with Crippen LogP contribution in [0.2, 0.25) is 0 Å². The van der Waals surface area contributed by atoms with Crippen molar-refractivity contribution in [2.24, 2.45) is 0 Å². The molecule has 0 saturated heterocycles. The number of amides is 2. The Morgan fingerprint density at radius 3 is 2.58 bits per heavy atom. The number of rotatable bonds is 6. The molecule has 0 spiro atoms. The number of carbonyl (C=O) groups is 2. The summed E-state index contributed by atoms with van der Waals surface area (Å²) < 4.78 is 6.55. The quantitative estimate of drug-likeness (QED) is 0.471. The maximum absolute atomic E-state index is 12.7. The standard InChI is InChI=1S/C23H24N4O4/c1-4-13-27-23(30)18-8-6-5-7-17(18)21(26-27)22(29)25-24-20(28)12-10-16-14-15(2)9-11-19(16)31-3/h5-12,14H,4,13H2,1-3H3,(H,24,28)(H,25,29)/b12-10+. The minimum Gasteiger partial charge on any atom is -0.496 e. The molecule has 0 aliphatic heterocycles. The van der Waals surface area contributed by atoms with E-state index in [2.05, 4.69) is 16.0 Å². The van der Waals surface area contributed by atoms with Crippen molar-refractivity contribution in [2.75, 3.05) is 7.11 Å². The third-order valence-electron chi connectivity index (χ3n) is 4.62. The Bertz CT molecular complexity index is 1210. The first-order valence-electron chi connectivity index (χ1n) is 9.87. The maximum Gasteiger partial charge on any atom is 0.290 e. The number of aryl methyl sites for hydroxylation is 2. The highest BCUT2D eigenvalue weighted by Gasteiger charge is 2.16. The Kier molecular flexibility index (Phi) is 6.81. The summed E-state index contributed by atoms with van der Waals surface area (Å²) in [7, 11) is 1.55. The summed E-state index contributed by atoms with van der Waals surface area (Å²) in [5.74, 6) is -0.508. The second-order valence-electron chi connectivity index (χ2n) is 6.94. The maximum atomic E-state index is 12.7. The van der Waals surface area contributed by atoms with Crippen molar-refractivity contribution in [1.82, 2.24) is 20.6 Å². The average molecular weight is 420 g/mol. The highest BCUT2D eigenvalue weighted by atomic mass is 16.5. The van der Waals surface area contributed by atoms with Crippen LogP contribution in [0.25, 0.3) is 16.8 Å². The van der Waals surface area contributed by atoms with E-state index in [1.54, 1.807) is 37.5 Å². The molecule has 0 fully saturated rings.